The van der Waals surface area contributed by atoms with Gasteiger partial charge < -0.3 is 20.1 Å². The molecule has 0 aliphatic rings. The summed E-state index contributed by atoms with van der Waals surface area (Å²) in [5.41, 5.74) is 1.25. The van der Waals surface area contributed by atoms with E-state index in [1.54, 1.807) is 48.5 Å². The molecule has 0 unspecified atom stereocenters. The third kappa shape index (κ3) is 15.0. The molecule has 0 aliphatic heterocycles. The molecule has 0 radical (unpaired) electrons. The van der Waals surface area contributed by atoms with Gasteiger partial charge in [0.15, 0.2) is 0 Å². The highest BCUT2D eigenvalue weighted by Crippen LogP contribution is 2.24. The molecule has 2 amide bonds. The zero-order valence-electron chi connectivity index (χ0n) is 32.1. The second kappa shape index (κ2) is 24.8. The van der Waals surface area contributed by atoms with E-state index in [-0.39, 0.29) is 35.5 Å². The molecule has 3 rings (SSSR count). The smallest absolute Gasteiger partial charge is 0.338 e. The number of carbonyl (C=O) groups excluding carboxylic acids is 4. The summed E-state index contributed by atoms with van der Waals surface area (Å²) < 4.78 is 11.3. The monoisotopic (exact) mass is 732 g/mol. The van der Waals surface area contributed by atoms with E-state index in [1.165, 1.54) is 63.5 Å². The maximum Gasteiger partial charge on any atom is 0.338 e. The lowest BCUT2D eigenvalue weighted by atomic mass is 9.96. The number of anilines is 2. The Balaban J connectivity index is 1.91. The van der Waals surface area contributed by atoms with E-state index in [2.05, 4.69) is 36.3 Å². The minimum Gasteiger partial charge on any atom is -0.462 e. The largest absolute Gasteiger partial charge is 0.462 e. The topological polar surface area (TPSA) is 111 Å². The van der Waals surface area contributed by atoms with Gasteiger partial charge in [-0.3, -0.25) is 9.59 Å². The van der Waals surface area contributed by atoms with E-state index in [1.807, 2.05) is 0 Å². The first-order valence-corrected chi connectivity index (χ1v) is 19.6. The second-order valence-electron chi connectivity index (χ2n) is 13.5. The average Bonchev–Trinajstić information content (AvgIpc) is 3.19. The first-order valence-electron chi connectivity index (χ1n) is 19.6. The van der Waals surface area contributed by atoms with Crippen molar-refractivity contribution in [3.63, 3.8) is 0 Å². The van der Waals surface area contributed by atoms with Crippen molar-refractivity contribution in [3.05, 3.63) is 94.0 Å². The second-order valence-corrected chi connectivity index (χ2v) is 13.5. The minimum atomic E-state index is -0.789. The number of benzene rings is 3. The number of amides is 2. The van der Waals surface area contributed by atoms with Gasteiger partial charge in [-0.2, -0.15) is 0 Å². The van der Waals surface area contributed by atoms with Gasteiger partial charge in [-0.25, -0.2) is 9.59 Å². The fourth-order valence-corrected chi connectivity index (χ4v) is 6.04. The van der Waals surface area contributed by atoms with Crippen molar-refractivity contribution in [2.45, 2.75) is 117 Å². The number of carbonyl (C=O) groups is 4. The van der Waals surface area contributed by atoms with Gasteiger partial charge in [0.25, 0.3) is 11.8 Å². The van der Waals surface area contributed by atoms with Crippen LogP contribution < -0.4 is 10.6 Å². The first kappa shape index (κ1) is 43.1. The maximum atomic E-state index is 13.9. The van der Waals surface area contributed by atoms with Crippen LogP contribution >= 0.6 is 0 Å². The van der Waals surface area contributed by atoms with Crippen LogP contribution in [-0.2, 0) is 9.47 Å². The van der Waals surface area contributed by atoms with Crippen molar-refractivity contribution in [3.8, 4) is 24.7 Å². The summed E-state index contributed by atoms with van der Waals surface area (Å²) >= 11 is 0. The summed E-state index contributed by atoms with van der Waals surface area (Å²) in [6.07, 6.45) is 28.2. The van der Waals surface area contributed by atoms with Crippen molar-refractivity contribution in [1.29, 1.82) is 0 Å². The molecule has 3 aromatic carbocycles. The molecular formula is C46H56N2O6. The van der Waals surface area contributed by atoms with Gasteiger partial charge in [0.1, 0.15) is 0 Å². The van der Waals surface area contributed by atoms with Crippen LogP contribution in [0.3, 0.4) is 0 Å². The highest BCUT2D eigenvalue weighted by molar-refractivity contribution is 6.17. The number of terminal acetylenes is 2. The Kier molecular flexibility index (Phi) is 19.8. The lowest BCUT2D eigenvalue weighted by Crippen LogP contribution is -2.24. The summed E-state index contributed by atoms with van der Waals surface area (Å²) in [6.45, 7) is 4.66. The van der Waals surface area contributed by atoms with Crippen LogP contribution in [-0.4, -0.2) is 37.0 Å². The summed E-state index contributed by atoms with van der Waals surface area (Å²) in [7, 11) is 0. The summed E-state index contributed by atoms with van der Waals surface area (Å²) in [4.78, 5) is 55.1. The predicted molar refractivity (Wildman–Crippen MR) is 217 cm³/mol. The Labute approximate surface area is 322 Å². The molecule has 0 saturated heterocycles. The highest BCUT2D eigenvalue weighted by Gasteiger charge is 2.28. The molecule has 286 valence electrons. The molecule has 0 saturated carbocycles. The van der Waals surface area contributed by atoms with Crippen LogP contribution in [0.2, 0.25) is 0 Å². The number of unbranched alkanes of at least 4 members (excludes halogenated alkanes) is 14. The van der Waals surface area contributed by atoms with E-state index in [0.717, 1.165) is 38.5 Å². The Morgan fingerprint density at radius 3 is 1.20 bits per heavy atom. The quantitative estimate of drug-likeness (QED) is 0.0539. The SMILES string of the molecule is C#Cc1cccc(NC(=O)c2cc(C(=O)OCCCCCCCCCC)c(C(=O)Nc3cccc(C#C)c3)cc2C(=O)OCCCCCCCCCC)c1. The van der Waals surface area contributed by atoms with Crippen molar-refractivity contribution in [2.75, 3.05) is 23.8 Å². The van der Waals surface area contributed by atoms with E-state index < -0.39 is 23.8 Å². The summed E-state index contributed by atoms with van der Waals surface area (Å²) in [5, 5.41) is 5.54. The number of rotatable bonds is 24. The lowest BCUT2D eigenvalue weighted by molar-refractivity contribution is 0.0480. The maximum absolute atomic E-state index is 13.9. The van der Waals surface area contributed by atoms with Gasteiger partial charge in [-0.15, -0.1) is 12.8 Å². The van der Waals surface area contributed by atoms with E-state index in [0.29, 0.717) is 35.3 Å². The lowest BCUT2D eigenvalue weighted by Gasteiger charge is -2.16. The zero-order valence-corrected chi connectivity index (χ0v) is 32.1. The number of hydrogen-bond acceptors (Lipinski definition) is 6. The molecule has 8 heteroatoms. The van der Waals surface area contributed by atoms with Crippen molar-refractivity contribution < 1.29 is 28.7 Å². The van der Waals surface area contributed by atoms with Crippen LogP contribution in [0.25, 0.3) is 0 Å². The van der Waals surface area contributed by atoms with Gasteiger partial charge in [0.2, 0.25) is 0 Å². The third-order valence-corrected chi connectivity index (χ3v) is 9.12. The number of ether oxygens (including phenoxy) is 2. The molecule has 0 heterocycles. The molecule has 8 nitrogen and oxygen atoms in total. The summed E-state index contributed by atoms with van der Waals surface area (Å²) in [6, 6.07) is 15.8. The van der Waals surface area contributed by atoms with Crippen LogP contribution in [0.1, 0.15) is 169 Å². The average molecular weight is 733 g/mol. The Morgan fingerprint density at radius 2 is 0.852 bits per heavy atom. The molecule has 54 heavy (non-hydrogen) atoms. The van der Waals surface area contributed by atoms with Crippen LogP contribution in [0.4, 0.5) is 11.4 Å². The molecule has 3 aromatic rings. The number of nitrogens with one attached hydrogen (secondary N) is 2. The molecule has 0 spiro atoms. The predicted octanol–water partition coefficient (Wildman–Crippen LogP) is 10.7. The van der Waals surface area contributed by atoms with E-state index in [9.17, 15) is 19.2 Å². The van der Waals surface area contributed by atoms with Crippen LogP contribution in [0.5, 0.6) is 0 Å². The molecule has 2 N–H and O–H groups in total. The molecule has 0 bridgehead atoms. The third-order valence-electron chi connectivity index (χ3n) is 9.12. The van der Waals surface area contributed by atoms with Crippen LogP contribution in [0, 0.1) is 24.7 Å². The normalized spacial score (nSPS) is 10.5. The van der Waals surface area contributed by atoms with Crippen molar-refractivity contribution in [1.82, 2.24) is 0 Å². The zero-order chi connectivity index (χ0) is 39.0. The van der Waals surface area contributed by atoms with Crippen molar-refractivity contribution >= 4 is 35.1 Å². The number of hydrogen-bond donors (Lipinski definition) is 2. The van der Waals surface area contributed by atoms with E-state index in [4.69, 9.17) is 22.3 Å². The molecule has 0 atom stereocenters. The van der Waals surface area contributed by atoms with Gasteiger partial charge in [-0.1, -0.05) is 128 Å². The Hall–Kier alpha value is -5.34. The number of esters is 2. The highest BCUT2D eigenvalue weighted by atomic mass is 16.5. The molecule has 0 aromatic heterocycles. The Bertz CT molecular complexity index is 1640. The molecule has 0 fully saturated rings. The molecule has 0 aliphatic carbocycles. The Morgan fingerprint density at radius 1 is 0.500 bits per heavy atom. The van der Waals surface area contributed by atoms with Crippen molar-refractivity contribution in [2.24, 2.45) is 0 Å². The van der Waals surface area contributed by atoms with Gasteiger partial charge >= 0.3 is 11.9 Å². The van der Waals surface area contributed by atoms with Gasteiger partial charge in [-0.05, 0) is 61.4 Å². The van der Waals surface area contributed by atoms with Gasteiger partial charge in [0, 0.05) is 22.5 Å². The van der Waals surface area contributed by atoms with Crippen LogP contribution in [0.15, 0.2) is 60.7 Å². The van der Waals surface area contributed by atoms with E-state index >= 15 is 0 Å². The standard InChI is InChI=1S/C46H56N2O6/c1-5-9-11-13-15-17-19-21-29-53-45(51)41-33-40(44(50)48-38-28-24-26-36(8-4)32-38)42(46(52)54-30-22-20-18-16-14-12-10-6-2)34-39(41)43(49)47-37-27-23-25-35(7-3)31-37/h3-4,23-28,31-34H,5-6,9-22,29-30H2,1-2H3,(H,47,49)(H,48,50). The van der Waals surface area contributed by atoms with Gasteiger partial charge in [0.05, 0.1) is 35.5 Å². The minimum absolute atomic E-state index is 0.141. The fourth-order valence-electron chi connectivity index (χ4n) is 6.04. The molecular weight excluding hydrogens is 677 g/mol. The first-order chi connectivity index (χ1) is 26.3. The fraction of sp³-hybridized carbons (Fsp3) is 0.435. The summed E-state index contributed by atoms with van der Waals surface area (Å²) in [5.74, 6) is 2.11.